The number of nitrogens with zero attached hydrogens (tertiary/aromatic N) is 1. The van der Waals surface area contributed by atoms with Gasteiger partial charge >= 0.3 is 0 Å². The third kappa shape index (κ3) is 2.57. The van der Waals surface area contributed by atoms with Gasteiger partial charge in [0.05, 0.1) is 5.69 Å². The Morgan fingerprint density at radius 3 is 2.67 bits per heavy atom. The lowest BCUT2D eigenvalue weighted by atomic mass is 10.1. The minimum atomic E-state index is -0.370. The highest BCUT2D eigenvalue weighted by Gasteiger charge is 2.16. The summed E-state index contributed by atoms with van der Waals surface area (Å²) in [5.41, 5.74) is 7.14. The normalized spacial score (nSPS) is 12.7. The van der Waals surface area contributed by atoms with Crippen LogP contribution in [-0.4, -0.2) is 4.98 Å². The first-order chi connectivity index (χ1) is 8.49. The summed E-state index contributed by atoms with van der Waals surface area (Å²) < 4.78 is 19.2. The molecule has 0 radical (unpaired) electrons. The number of aromatic nitrogens is 1. The summed E-state index contributed by atoms with van der Waals surface area (Å²) in [6.45, 7) is 5.49. The van der Waals surface area contributed by atoms with Crippen LogP contribution in [0.3, 0.4) is 0 Å². The summed E-state index contributed by atoms with van der Waals surface area (Å²) in [4.78, 5) is 5.01. The van der Waals surface area contributed by atoms with Crippen molar-refractivity contribution in [1.82, 2.24) is 4.98 Å². The first-order valence-electron chi connectivity index (χ1n) is 5.65. The zero-order valence-electron chi connectivity index (χ0n) is 10.5. The van der Waals surface area contributed by atoms with Gasteiger partial charge in [-0.3, -0.25) is 0 Å². The maximum Gasteiger partial charge on any atom is 0.261 e. The number of oxazole rings is 1. The van der Waals surface area contributed by atoms with Crippen molar-refractivity contribution in [2.75, 3.05) is 0 Å². The van der Waals surface area contributed by atoms with Gasteiger partial charge in [-0.1, -0.05) is 6.07 Å². The molecule has 0 spiro atoms. The van der Waals surface area contributed by atoms with Crippen molar-refractivity contribution in [3.63, 3.8) is 0 Å². The van der Waals surface area contributed by atoms with E-state index in [9.17, 15) is 4.39 Å². The van der Waals surface area contributed by atoms with E-state index in [0.29, 0.717) is 10.8 Å². The summed E-state index contributed by atoms with van der Waals surface area (Å²) in [7, 11) is 0. The molecule has 2 aromatic rings. The fourth-order valence-electron chi connectivity index (χ4n) is 1.63. The van der Waals surface area contributed by atoms with Crippen LogP contribution in [0.15, 0.2) is 32.7 Å². The van der Waals surface area contributed by atoms with Gasteiger partial charge < -0.3 is 10.2 Å². The van der Waals surface area contributed by atoms with Crippen molar-refractivity contribution in [3.05, 3.63) is 41.0 Å². The van der Waals surface area contributed by atoms with E-state index >= 15 is 0 Å². The fraction of sp³-hybridized carbons (Fsp3) is 0.308. The standard InChI is InChI=1S/C13H15FN2OS/c1-7(15)12-10(14)5-4-6-11(12)18-13-16-8(2)9(3)17-13/h4-7H,15H2,1-3H3/t7-/m1/s1. The molecule has 0 unspecified atom stereocenters. The molecule has 0 saturated heterocycles. The van der Waals surface area contributed by atoms with Crippen LogP contribution >= 0.6 is 11.8 Å². The molecular formula is C13H15FN2OS. The zero-order valence-corrected chi connectivity index (χ0v) is 11.3. The van der Waals surface area contributed by atoms with Crippen LogP contribution in [-0.2, 0) is 0 Å². The van der Waals surface area contributed by atoms with Crippen LogP contribution in [0, 0.1) is 19.7 Å². The van der Waals surface area contributed by atoms with Gasteiger partial charge in [-0.2, -0.15) is 0 Å². The van der Waals surface area contributed by atoms with Crippen molar-refractivity contribution in [2.24, 2.45) is 5.73 Å². The largest absolute Gasteiger partial charge is 0.436 e. The quantitative estimate of drug-likeness (QED) is 0.922. The summed E-state index contributed by atoms with van der Waals surface area (Å²) in [6, 6.07) is 4.52. The zero-order chi connectivity index (χ0) is 13.3. The highest BCUT2D eigenvalue weighted by atomic mass is 32.2. The molecule has 0 amide bonds. The Morgan fingerprint density at radius 2 is 2.11 bits per heavy atom. The van der Waals surface area contributed by atoms with E-state index in [1.807, 2.05) is 19.9 Å². The molecule has 1 atom stereocenters. The molecule has 3 nitrogen and oxygen atoms in total. The molecule has 1 aromatic carbocycles. The smallest absolute Gasteiger partial charge is 0.261 e. The Labute approximate surface area is 110 Å². The predicted molar refractivity (Wildman–Crippen MR) is 69.1 cm³/mol. The van der Waals surface area contributed by atoms with Gasteiger partial charge in [0.25, 0.3) is 5.22 Å². The molecule has 2 N–H and O–H groups in total. The molecule has 5 heteroatoms. The topological polar surface area (TPSA) is 52.0 Å². The molecule has 1 aromatic heterocycles. The molecule has 0 aliphatic heterocycles. The molecule has 0 bridgehead atoms. The number of rotatable bonds is 3. The Balaban J connectivity index is 2.37. The maximum atomic E-state index is 13.7. The van der Waals surface area contributed by atoms with E-state index in [1.165, 1.54) is 17.8 Å². The first kappa shape index (κ1) is 13.1. The van der Waals surface area contributed by atoms with Gasteiger partial charge in [-0.05, 0) is 44.7 Å². The molecule has 0 aliphatic rings. The van der Waals surface area contributed by atoms with Crippen molar-refractivity contribution in [1.29, 1.82) is 0 Å². The average Bonchev–Trinajstić information content (AvgIpc) is 2.57. The Morgan fingerprint density at radius 1 is 1.39 bits per heavy atom. The molecule has 1 heterocycles. The van der Waals surface area contributed by atoms with E-state index in [4.69, 9.17) is 10.2 Å². The van der Waals surface area contributed by atoms with E-state index in [-0.39, 0.29) is 11.9 Å². The number of nitrogens with two attached hydrogens (primary N) is 1. The SMILES string of the molecule is Cc1nc(Sc2cccc(F)c2[C@@H](C)N)oc1C. The van der Waals surface area contributed by atoms with Crippen LogP contribution in [0.4, 0.5) is 4.39 Å². The molecule has 96 valence electrons. The van der Waals surface area contributed by atoms with E-state index < -0.39 is 0 Å². The highest BCUT2D eigenvalue weighted by Crippen LogP contribution is 2.34. The summed E-state index contributed by atoms with van der Waals surface area (Å²) in [5, 5.41) is 0.512. The van der Waals surface area contributed by atoms with E-state index in [2.05, 4.69) is 4.98 Å². The van der Waals surface area contributed by atoms with Crippen molar-refractivity contribution in [3.8, 4) is 0 Å². The van der Waals surface area contributed by atoms with Crippen LogP contribution in [0.5, 0.6) is 0 Å². The Hall–Kier alpha value is -1.33. The van der Waals surface area contributed by atoms with Gasteiger partial charge in [-0.15, -0.1) is 0 Å². The van der Waals surface area contributed by atoms with Gasteiger partial charge in [0.1, 0.15) is 11.6 Å². The fourth-order valence-corrected chi connectivity index (χ4v) is 2.71. The third-order valence-electron chi connectivity index (χ3n) is 2.67. The Bertz CT molecular complexity index is 547. The molecular weight excluding hydrogens is 251 g/mol. The number of aryl methyl sites for hydroxylation is 2. The molecule has 2 rings (SSSR count). The minimum Gasteiger partial charge on any atom is -0.436 e. The number of hydrogen-bond donors (Lipinski definition) is 1. The third-order valence-corrected chi connectivity index (χ3v) is 3.60. The van der Waals surface area contributed by atoms with Crippen molar-refractivity contribution < 1.29 is 8.81 Å². The van der Waals surface area contributed by atoms with E-state index in [0.717, 1.165) is 16.3 Å². The number of hydrogen-bond acceptors (Lipinski definition) is 4. The number of halogens is 1. The summed E-state index contributed by atoms with van der Waals surface area (Å²) >= 11 is 1.29. The van der Waals surface area contributed by atoms with Crippen molar-refractivity contribution in [2.45, 2.75) is 36.9 Å². The molecule has 18 heavy (non-hydrogen) atoms. The molecule has 0 saturated carbocycles. The van der Waals surface area contributed by atoms with Crippen LogP contribution in [0.1, 0.15) is 30.0 Å². The second-order valence-electron chi connectivity index (χ2n) is 4.16. The van der Waals surface area contributed by atoms with Gasteiger partial charge in [-0.25, -0.2) is 9.37 Å². The Kier molecular flexibility index (Phi) is 3.73. The second kappa shape index (κ2) is 5.12. The number of benzene rings is 1. The highest BCUT2D eigenvalue weighted by molar-refractivity contribution is 7.99. The van der Waals surface area contributed by atoms with Gasteiger partial charge in [0.15, 0.2) is 0 Å². The lowest BCUT2D eigenvalue weighted by Gasteiger charge is -2.11. The van der Waals surface area contributed by atoms with Gasteiger partial charge in [0.2, 0.25) is 0 Å². The van der Waals surface area contributed by atoms with Crippen LogP contribution < -0.4 is 5.73 Å². The van der Waals surface area contributed by atoms with Crippen LogP contribution in [0.2, 0.25) is 0 Å². The lowest BCUT2D eigenvalue weighted by molar-refractivity contribution is 0.431. The average molecular weight is 266 g/mol. The first-order valence-corrected chi connectivity index (χ1v) is 6.46. The van der Waals surface area contributed by atoms with Gasteiger partial charge in [0, 0.05) is 16.5 Å². The summed E-state index contributed by atoms with van der Waals surface area (Å²) in [6.07, 6.45) is 0. The molecule has 0 aliphatic carbocycles. The minimum absolute atomic E-state index is 0.296. The maximum absolute atomic E-state index is 13.7. The van der Waals surface area contributed by atoms with Crippen LogP contribution in [0.25, 0.3) is 0 Å². The van der Waals surface area contributed by atoms with E-state index in [1.54, 1.807) is 13.0 Å². The second-order valence-corrected chi connectivity index (χ2v) is 5.16. The summed E-state index contributed by atoms with van der Waals surface area (Å²) in [5.74, 6) is 0.478. The monoisotopic (exact) mass is 266 g/mol. The lowest BCUT2D eigenvalue weighted by Crippen LogP contribution is -2.08. The van der Waals surface area contributed by atoms with Crippen molar-refractivity contribution >= 4 is 11.8 Å². The predicted octanol–water partition coefficient (Wildman–Crippen LogP) is 3.60. The molecule has 0 fully saturated rings.